The van der Waals surface area contributed by atoms with Crippen LogP contribution in [-0.2, 0) is 57.5 Å². The lowest BCUT2D eigenvalue weighted by atomic mass is 9.98. The van der Waals surface area contributed by atoms with Crippen LogP contribution in [0.15, 0.2) is 48.2 Å². The van der Waals surface area contributed by atoms with E-state index in [4.69, 9.17) is 0 Å². The molecule has 8 nitrogen and oxygen atoms in total. The fourth-order valence-electron chi connectivity index (χ4n) is 5.83. The summed E-state index contributed by atoms with van der Waals surface area (Å²) in [6, 6.07) is 10.5. The highest BCUT2D eigenvalue weighted by molar-refractivity contribution is 7.88. The predicted octanol–water partition coefficient (Wildman–Crippen LogP) is 3.21. The van der Waals surface area contributed by atoms with Crippen LogP contribution < -0.4 is 10.0 Å². The lowest BCUT2D eigenvalue weighted by Gasteiger charge is -2.26. The first-order valence-corrected chi connectivity index (χ1v) is 15.1. The smallest absolute Gasteiger partial charge is 0.258 e. The van der Waals surface area contributed by atoms with Crippen molar-refractivity contribution >= 4 is 32.9 Å². The molecule has 192 valence electrons. The van der Waals surface area contributed by atoms with Crippen LogP contribution in [0, 0.1) is 0 Å². The summed E-state index contributed by atoms with van der Waals surface area (Å²) < 4.78 is 51.2. The largest absolute Gasteiger partial charge is 0.322 e. The van der Waals surface area contributed by atoms with Crippen LogP contribution in [0.5, 0.6) is 0 Å². The SMILES string of the molecule is O=C(Nc1c2c(cc3c1CCC3)CCC2)C(=CNS(=O)O)C1CCCN1S(=O)(=O)Cc1ccccc1. The van der Waals surface area contributed by atoms with Crippen molar-refractivity contribution in [2.45, 2.75) is 63.2 Å². The van der Waals surface area contributed by atoms with Gasteiger partial charge in [0.15, 0.2) is 0 Å². The highest BCUT2D eigenvalue weighted by Gasteiger charge is 2.39. The summed E-state index contributed by atoms with van der Waals surface area (Å²) in [6.07, 6.45) is 8.14. The van der Waals surface area contributed by atoms with Gasteiger partial charge in [-0.1, -0.05) is 36.4 Å². The molecule has 0 aromatic heterocycles. The predicted molar refractivity (Wildman–Crippen MR) is 140 cm³/mol. The first kappa shape index (κ1) is 25.1. The molecule has 3 N–H and O–H groups in total. The maximum atomic E-state index is 13.7. The molecule has 1 heterocycles. The number of fused-ring (bicyclic) bond motifs is 2. The van der Waals surface area contributed by atoms with E-state index >= 15 is 0 Å². The van der Waals surface area contributed by atoms with Crippen molar-refractivity contribution in [3.05, 3.63) is 76.0 Å². The van der Waals surface area contributed by atoms with Crippen LogP contribution in [-0.4, -0.2) is 40.0 Å². The van der Waals surface area contributed by atoms with E-state index in [1.807, 2.05) is 6.07 Å². The molecule has 0 saturated carbocycles. The van der Waals surface area contributed by atoms with Gasteiger partial charge in [-0.2, -0.15) is 4.31 Å². The molecule has 0 spiro atoms. The number of sulfonamides is 1. The zero-order chi connectivity index (χ0) is 25.3. The van der Waals surface area contributed by atoms with E-state index < -0.39 is 33.2 Å². The molecule has 2 atom stereocenters. The maximum absolute atomic E-state index is 13.7. The Bertz CT molecular complexity index is 1290. The standard InChI is InChI=1S/C26H31N3O5S2/c30-26(28-25-21-11-4-9-19(21)15-20-10-5-12-22(20)25)23(16-27-35(31)32)24-13-6-14-29(24)36(33,34)17-18-7-2-1-3-8-18/h1-3,7-8,15-16,24,27H,4-6,9-14,17H2,(H,28,30)(H,31,32). The Kier molecular flexibility index (Phi) is 7.30. The molecule has 1 fully saturated rings. The third-order valence-corrected chi connectivity index (χ3v) is 9.57. The van der Waals surface area contributed by atoms with Crippen LogP contribution in [0.25, 0.3) is 0 Å². The minimum absolute atomic E-state index is 0.147. The molecule has 2 aromatic rings. The van der Waals surface area contributed by atoms with Crippen molar-refractivity contribution in [2.75, 3.05) is 11.9 Å². The van der Waals surface area contributed by atoms with Crippen LogP contribution >= 0.6 is 0 Å². The first-order valence-electron chi connectivity index (χ1n) is 12.4. The van der Waals surface area contributed by atoms with E-state index in [1.54, 1.807) is 24.3 Å². The zero-order valence-corrected chi connectivity index (χ0v) is 21.7. The van der Waals surface area contributed by atoms with Crippen LogP contribution in [0.3, 0.4) is 0 Å². The number of benzene rings is 2. The van der Waals surface area contributed by atoms with E-state index in [-0.39, 0.29) is 11.3 Å². The molecule has 0 bridgehead atoms. The second kappa shape index (κ2) is 10.5. The highest BCUT2D eigenvalue weighted by atomic mass is 32.2. The van der Waals surface area contributed by atoms with Crippen molar-refractivity contribution < 1.29 is 22.0 Å². The Labute approximate surface area is 214 Å². The average molecular weight is 530 g/mol. The minimum atomic E-state index is -3.72. The van der Waals surface area contributed by atoms with Crippen molar-refractivity contribution in [3.63, 3.8) is 0 Å². The number of hydrogen-bond acceptors (Lipinski definition) is 4. The Balaban J connectivity index is 1.46. The van der Waals surface area contributed by atoms with Gasteiger partial charge in [0.25, 0.3) is 17.2 Å². The Morgan fingerprint density at radius 3 is 2.36 bits per heavy atom. The third kappa shape index (κ3) is 5.13. The molecule has 36 heavy (non-hydrogen) atoms. The first-order chi connectivity index (χ1) is 17.3. The van der Waals surface area contributed by atoms with Gasteiger partial charge in [0.2, 0.25) is 10.0 Å². The monoisotopic (exact) mass is 529 g/mol. The summed E-state index contributed by atoms with van der Waals surface area (Å²) in [5.41, 5.74) is 6.56. The molecular weight excluding hydrogens is 498 g/mol. The van der Waals surface area contributed by atoms with E-state index in [2.05, 4.69) is 16.1 Å². The van der Waals surface area contributed by atoms with Crippen LogP contribution in [0.4, 0.5) is 5.69 Å². The van der Waals surface area contributed by atoms with E-state index in [0.717, 1.165) is 44.2 Å². The molecule has 1 amide bonds. The van der Waals surface area contributed by atoms with Crippen LogP contribution in [0.1, 0.15) is 53.5 Å². The molecule has 10 heteroatoms. The van der Waals surface area contributed by atoms with Gasteiger partial charge in [-0.25, -0.2) is 12.6 Å². The summed E-state index contributed by atoms with van der Waals surface area (Å²) in [5.74, 6) is -0.604. The van der Waals surface area contributed by atoms with Crippen molar-refractivity contribution in [1.29, 1.82) is 0 Å². The zero-order valence-electron chi connectivity index (χ0n) is 20.0. The quantitative estimate of drug-likeness (QED) is 0.359. The molecule has 3 aliphatic rings. The van der Waals surface area contributed by atoms with Gasteiger partial charge >= 0.3 is 0 Å². The van der Waals surface area contributed by atoms with Gasteiger partial charge in [-0.15, -0.1) is 0 Å². The summed E-state index contributed by atoms with van der Waals surface area (Å²) in [6.45, 7) is 0.294. The van der Waals surface area contributed by atoms with Crippen molar-refractivity contribution in [3.8, 4) is 0 Å². The van der Waals surface area contributed by atoms with Crippen LogP contribution in [0.2, 0.25) is 0 Å². The number of carbonyl (C=O) groups excluding carboxylic acids is 1. The van der Waals surface area contributed by atoms with Crippen molar-refractivity contribution in [1.82, 2.24) is 9.03 Å². The second-order valence-electron chi connectivity index (χ2n) is 9.67. The maximum Gasteiger partial charge on any atom is 0.258 e. The minimum Gasteiger partial charge on any atom is -0.322 e. The molecule has 2 aromatic carbocycles. The van der Waals surface area contributed by atoms with E-state index in [0.29, 0.717) is 24.9 Å². The summed E-state index contributed by atoms with van der Waals surface area (Å²) >= 11 is -2.39. The Morgan fingerprint density at radius 2 is 1.72 bits per heavy atom. The van der Waals surface area contributed by atoms with E-state index in [1.165, 1.54) is 32.8 Å². The topological polar surface area (TPSA) is 116 Å². The number of amides is 1. The number of carbonyl (C=O) groups is 1. The molecule has 5 rings (SSSR count). The molecular formula is C26H31N3O5S2. The molecule has 2 aliphatic carbocycles. The van der Waals surface area contributed by atoms with Gasteiger partial charge < -0.3 is 5.32 Å². The number of rotatable bonds is 8. The van der Waals surface area contributed by atoms with Crippen molar-refractivity contribution in [2.24, 2.45) is 0 Å². The number of hydrogen-bond donors (Lipinski definition) is 3. The van der Waals surface area contributed by atoms with Gasteiger partial charge in [0.05, 0.1) is 17.4 Å². The average Bonchev–Trinajstić information content (AvgIpc) is 3.60. The number of anilines is 1. The normalized spacial score (nSPS) is 20.7. The fourth-order valence-corrected chi connectivity index (χ4v) is 7.85. The highest BCUT2D eigenvalue weighted by Crippen LogP contribution is 2.39. The van der Waals surface area contributed by atoms with E-state index in [9.17, 15) is 22.0 Å². The Morgan fingerprint density at radius 1 is 1.06 bits per heavy atom. The number of nitrogens with one attached hydrogen (secondary N) is 2. The molecule has 1 saturated heterocycles. The molecule has 2 unspecified atom stereocenters. The lowest BCUT2D eigenvalue weighted by molar-refractivity contribution is -0.113. The summed E-state index contributed by atoms with van der Waals surface area (Å²) in [7, 11) is -3.72. The summed E-state index contributed by atoms with van der Waals surface area (Å²) in [4.78, 5) is 13.7. The fraction of sp³-hybridized carbons (Fsp3) is 0.423. The molecule has 0 radical (unpaired) electrons. The number of aryl methyl sites for hydroxylation is 2. The second-order valence-corrected chi connectivity index (χ2v) is 12.3. The van der Waals surface area contributed by atoms with Gasteiger partial charge in [0, 0.05) is 18.4 Å². The molecule has 1 aliphatic heterocycles. The third-order valence-electron chi connectivity index (χ3n) is 7.40. The number of nitrogens with zero attached hydrogens (tertiary/aromatic N) is 1. The Hall–Kier alpha value is -2.53. The van der Waals surface area contributed by atoms with Gasteiger partial charge in [-0.3, -0.25) is 14.1 Å². The summed E-state index contributed by atoms with van der Waals surface area (Å²) in [5, 5.41) is 3.12. The van der Waals surface area contributed by atoms with Gasteiger partial charge in [0.1, 0.15) is 0 Å². The lowest BCUT2D eigenvalue weighted by Crippen LogP contribution is -2.41. The van der Waals surface area contributed by atoms with Gasteiger partial charge in [-0.05, 0) is 79.2 Å².